The number of fused-ring (bicyclic) bond motifs is 6. The molecule has 0 radical (unpaired) electrons. The van der Waals surface area contributed by atoms with E-state index >= 15 is 0 Å². The molecule has 3 aromatic carbocycles. The average molecular weight is 549 g/mol. The number of phenolic OH excluding ortho intramolecular Hbond substituents is 3. The molecule has 1 aliphatic heterocycles. The van der Waals surface area contributed by atoms with Crippen LogP contribution in [-0.2, 0) is 71.1 Å². The lowest BCUT2D eigenvalue weighted by Crippen LogP contribution is -2.14. The second-order valence-corrected chi connectivity index (χ2v) is 12.9. The van der Waals surface area contributed by atoms with Gasteiger partial charge in [-0.2, -0.15) is 0 Å². The van der Waals surface area contributed by atoms with Crippen molar-refractivity contribution in [1.82, 2.24) is 0 Å². The zero-order chi connectivity index (χ0) is 29.2. The minimum atomic E-state index is -0.148. The summed E-state index contributed by atoms with van der Waals surface area (Å²) in [7, 11) is 0. The van der Waals surface area contributed by atoms with E-state index in [-0.39, 0.29) is 67.7 Å². The number of benzene rings is 3. The van der Waals surface area contributed by atoms with E-state index in [2.05, 4.69) is 48.5 Å². The van der Waals surface area contributed by atoms with Gasteiger partial charge in [-0.05, 0) is 70.3 Å². The Kier molecular flexibility index (Phi) is 8.83. The van der Waals surface area contributed by atoms with Crippen LogP contribution in [0.2, 0.25) is 0 Å². The molecule has 6 heteroatoms. The second-order valence-electron chi connectivity index (χ2n) is 12.9. The summed E-state index contributed by atoms with van der Waals surface area (Å²) in [4.78, 5) is 0. The molecule has 0 fully saturated rings. The highest BCUT2D eigenvalue weighted by atomic mass is 16.5. The molecule has 216 valence electrons. The van der Waals surface area contributed by atoms with E-state index in [4.69, 9.17) is 14.2 Å². The lowest BCUT2D eigenvalue weighted by molar-refractivity contribution is 0.0928. The van der Waals surface area contributed by atoms with Crippen LogP contribution in [0.25, 0.3) is 0 Å². The number of aryl methyl sites for hydroxylation is 1. The Labute approximate surface area is 238 Å². The van der Waals surface area contributed by atoms with Gasteiger partial charge in [-0.15, -0.1) is 0 Å². The first-order chi connectivity index (χ1) is 18.8. The van der Waals surface area contributed by atoms with Crippen LogP contribution in [0.5, 0.6) is 17.2 Å². The Bertz CT molecular complexity index is 1260. The van der Waals surface area contributed by atoms with Crippen LogP contribution >= 0.6 is 0 Å². The molecule has 6 nitrogen and oxygen atoms in total. The number of aromatic hydroxyl groups is 3. The molecule has 1 aliphatic rings. The number of ether oxygens (including phenoxy) is 3. The number of rotatable bonds is 1. The van der Waals surface area contributed by atoms with Crippen molar-refractivity contribution < 1.29 is 29.5 Å². The summed E-state index contributed by atoms with van der Waals surface area (Å²) in [6.45, 7) is 15.9. The third-order valence-electron chi connectivity index (χ3n) is 7.55. The molecule has 0 saturated carbocycles. The first kappa shape index (κ1) is 29.9. The fraction of sp³-hybridized carbons (Fsp3) is 0.471. The quantitative estimate of drug-likeness (QED) is 0.293. The molecule has 0 saturated heterocycles. The Morgan fingerprint density at radius 3 is 0.975 bits per heavy atom. The van der Waals surface area contributed by atoms with E-state index in [1.807, 2.05) is 36.4 Å². The van der Waals surface area contributed by atoms with Crippen molar-refractivity contribution in [3.05, 3.63) is 86.5 Å². The normalized spacial score (nSPS) is 15.4. The van der Waals surface area contributed by atoms with E-state index < -0.39 is 0 Å². The topological polar surface area (TPSA) is 88.4 Å². The van der Waals surface area contributed by atoms with Gasteiger partial charge in [0, 0.05) is 33.4 Å². The largest absolute Gasteiger partial charge is 0.507 e. The Hall–Kier alpha value is -3.06. The molecule has 1 heterocycles. The Balaban J connectivity index is 1.80. The van der Waals surface area contributed by atoms with Crippen LogP contribution < -0.4 is 0 Å². The molecule has 4 rings (SSSR count). The molecule has 40 heavy (non-hydrogen) atoms. The van der Waals surface area contributed by atoms with Gasteiger partial charge in [-0.1, -0.05) is 48.5 Å². The van der Waals surface area contributed by atoms with Crippen molar-refractivity contribution in [3.63, 3.8) is 0 Å². The lowest BCUT2D eigenvalue weighted by atomic mass is 9.84. The minimum absolute atomic E-state index is 0.142. The monoisotopic (exact) mass is 548 g/mol. The molecule has 0 aliphatic carbocycles. The molecule has 0 unspecified atom stereocenters. The highest BCUT2D eigenvalue weighted by Crippen LogP contribution is 2.36. The maximum Gasteiger partial charge on any atom is 0.126 e. The summed E-state index contributed by atoms with van der Waals surface area (Å²) >= 11 is 0. The van der Waals surface area contributed by atoms with E-state index in [1.165, 1.54) is 0 Å². The summed E-state index contributed by atoms with van der Waals surface area (Å²) in [6.07, 6.45) is 0.801. The van der Waals surface area contributed by atoms with Crippen molar-refractivity contribution in [2.45, 2.75) is 105 Å². The first-order valence-electron chi connectivity index (χ1n) is 14.0. The first-order valence-corrected chi connectivity index (χ1v) is 14.0. The number of hydrogen-bond acceptors (Lipinski definition) is 6. The fourth-order valence-corrected chi connectivity index (χ4v) is 4.90. The van der Waals surface area contributed by atoms with E-state index in [0.717, 1.165) is 23.1 Å². The van der Waals surface area contributed by atoms with Crippen molar-refractivity contribution >= 4 is 0 Å². The summed E-state index contributed by atoms with van der Waals surface area (Å²) in [5, 5.41) is 33.4. The number of phenols is 3. The van der Waals surface area contributed by atoms with Crippen LogP contribution in [0.3, 0.4) is 0 Å². The highest BCUT2D eigenvalue weighted by molar-refractivity contribution is 5.47. The van der Waals surface area contributed by atoms with Crippen molar-refractivity contribution in [2.75, 3.05) is 0 Å². The van der Waals surface area contributed by atoms with Gasteiger partial charge in [0.15, 0.2) is 0 Å². The average Bonchev–Trinajstić information content (AvgIpc) is 2.87. The van der Waals surface area contributed by atoms with Gasteiger partial charge >= 0.3 is 0 Å². The van der Waals surface area contributed by atoms with Gasteiger partial charge in [0.05, 0.1) is 39.6 Å². The van der Waals surface area contributed by atoms with Crippen LogP contribution in [0.1, 0.15) is 98.5 Å². The van der Waals surface area contributed by atoms with Gasteiger partial charge in [0.25, 0.3) is 0 Å². The zero-order valence-electron chi connectivity index (χ0n) is 25.0. The van der Waals surface area contributed by atoms with Crippen molar-refractivity contribution in [1.29, 1.82) is 0 Å². The fourth-order valence-electron chi connectivity index (χ4n) is 4.90. The van der Waals surface area contributed by atoms with Crippen LogP contribution in [0, 0.1) is 0 Å². The summed E-state index contributed by atoms with van der Waals surface area (Å²) < 4.78 is 18.2. The van der Waals surface area contributed by atoms with Crippen molar-refractivity contribution in [3.8, 4) is 17.2 Å². The second kappa shape index (κ2) is 11.8. The van der Waals surface area contributed by atoms with E-state index in [1.54, 1.807) is 0 Å². The molecule has 0 aromatic heterocycles. The smallest absolute Gasteiger partial charge is 0.126 e. The third-order valence-corrected chi connectivity index (χ3v) is 7.55. The molecular weight excluding hydrogens is 504 g/mol. The molecule has 3 aromatic rings. The maximum absolute atomic E-state index is 11.2. The van der Waals surface area contributed by atoms with Gasteiger partial charge in [-0.25, -0.2) is 0 Å². The zero-order valence-corrected chi connectivity index (χ0v) is 25.0. The summed E-state index contributed by atoms with van der Waals surface area (Å²) in [6, 6.07) is 11.8. The van der Waals surface area contributed by atoms with Gasteiger partial charge in [0.2, 0.25) is 0 Å². The molecular formula is C34H44O6. The molecule has 6 bridgehead atoms. The molecule has 0 spiro atoms. The molecule has 0 amide bonds. The lowest BCUT2D eigenvalue weighted by Gasteiger charge is -2.24. The van der Waals surface area contributed by atoms with Gasteiger partial charge in [0.1, 0.15) is 17.2 Å². The van der Waals surface area contributed by atoms with Crippen LogP contribution in [-0.4, -0.2) is 15.3 Å². The van der Waals surface area contributed by atoms with Crippen LogP contribution in [0.4, 0.5) is 0 Å². The van der Waals surface area contributed by atoms with Gasteiger partial charge < -0.3 is 29.5 Å². The minimum Gasteiger partial charge on any atom is -0.507 e. The van der Waals surface area contributed by atoms with Crippen LogP contribution in [0.15, 0.2) is 36.4 Å². The Morgan fingerprint density at radius 2 is 0.750 bits per heavy atom. The Morgan fingerprint density at radius 1 is 0.500 bits per heavy atom. The SMILES string of the molecule is CCc1cc2c(O)c(c1)COCc1cc(C(C)(C)C)cc(c1O)COCc1cc(C(C)(C)C)cc(c1O)COC2. The predicted molar refractivity (Wildman–Crippen MR) is 157 cm³/mol. The molecule has 0 atom stereocenters. The molecule has 3 N–H and O–H groups in total. The van der Waals surface area contributed by atoms with E-state index in [9.17, 15) is 15.3 Å². The standard InChI is InChI=1S/C34H44O6/c1-8-21-9-22-15-38-17-24-11-28(33(2,3)4)13-26(31(24)36)19-40-20-27-14-29(34(5,6)7)12-25(32(27)37)18-39-16-23(10-21)30(22)35/h9-14,35-37H,8,15-20H2,1-7H3. The third kappa shape index (κ3) is 6.80. The van der Waals surface area contributed by atoms with E-state index in [0.29, 0.717) is 33.4 Å². The van der Waals surface area contributed by atoms with Gasteiger partial charge in [-0.3, -0.25) is 0 Å². The summed E-state index contributed by atoms with van der Waals surface area (Å²) in [5.41, 5.74) is 6.92. The predicted octanol–water partition coefficient (Wildman–Crippen LogP) is 7.42. The van der Waals surface area contributed by atoms with Crippen molar-refractivity contribution in [2.24, 2.45) is 0 Å². The highest BCUT2D eigenvalue weighted by Gasteiger charge is 2.22. The number of hydrogen-bond donors (Lipinski definition) is 3. The maximum atomic E-state index is 11.2. The summed E-state index contributed by atoms with van der Waals surface area (Å²) in [5.74, 6) is 0.430.